The number of rotatable bonds is 5. The molecule has 0 aliphatic carbocycles. The Bertz CT molecular complexity index is 1140. The molecule has 9 nitrogen and oxygen atoms in total. The Labute approximate surface area is 179 Å². The molecule has 10 heteroatoms. The maximum absolute atomic E-state index is 13.1. The van der Waals surface area contributed by atoms with Crippen molar-refractivity contribution in [3.8, 4) is 0 Å². The van der Waals surface area contributed by atoms with E-state index in [0.29, 0.717) is 30.3 Å². The van der Waals surface area contributed by atoms with Gasteiger partial charge >= 0.3 is 5.97 Å². The first kappa shape index (κ1) is 21.2. The highest BCUT2D eigenvalue weighted by Gasteiger charge is 2.39. The minimum absolute atomic E-state index is 0.00582. The molecular weight excluding hydrogens is 424 g/mol. The SMILES string of the molecule is CCc1ccc(C(=O)ON2C(=O)c3ccccc3C2=O)cc1S(=O)(=O)N1CCOCC1. The number of aryl methyl sites for hydroxylation is 1. The first-order chi connectivity index (χ1) is 14.8. The Hall–Kier alpha value is -3.08. The molecular formula is C21H20N2O7S. The van der Waals surface area contributed by atoms with Crippen molar-refractivity contribution in [1.29, 1.82) is 0 Å². The summed E-state index contributed by atoms with van der Waals surface area (Å²) in [4.78, 5) is 42.6. The lowest BCUT2D eigenvalue weighted by atomic mass is 10.1. The molecule has 0 N–H and O–H groups in total. The molecule has 2 heterocycles. The molecule has 0 atom stereocenters. The molecule has 0 aromatic heterocycles. The van der Waals surface area contributed by atoms with E-state index in [1.54, 1.807) is 12.1 Å². The largest absolute Gasteiger partial charge is 0.379 e. The fourth-order valence-corrected chi connectivity index (χ4v) is 5.25. The van der Waals surface area contributed by atoms with E-state index in [1.807, 2.05) is 6.92 Å². The maximum Gasteiger partial charge on any atom is 0.363 e. The lowest BCUT2D eigenvalue weighted by molar-refractivity contribution is -0.0584. The summed E-state index contributed by atoms with van der Waals surface area (Å²) < 4.78 is 32.8. The highest BCUT2D eigenvalue weighted by atomic mass is 32.2. The zero-order chi connectivity index (χ0) is 22.2. The molecule has 2 aliphatic heterocycles. The number of nitrogens with zero attached hydrogens (tertiary/aromatic N) is 2. The van der Waals surface area contributed by atoms with Gasteiger partial charge in [0.2, 0.25) is 10.0 Å². The molecule has 2 aromatic rings. The molecule has 1 fully saturated rings. The third-order valence-electron chi connectivity index (χ3n) is 5.20. The molecule has 0 radical (unpaired) electrons. The Morgan fingerprint density at radius 1 is 1.03 bits per heavy atom. The normalized spacial score (nSPS) is 17.0. The highest BCUT2D eigenvalue weighted by molar-refractivity contribution is 7.89. The van der Waals surface area contributed by atoms with Crippen molar-refractivity contribution in [3.63, 3.8) is 0 Å². The van der Waals surface area contributed by atoms with Gasteiger partial charge in [0.25, 0.3) is 11.8 Å². The number of ether oxygens (including phenoxy) is 1. The molecule has 0 spiro atoms. The van der Waals surface area contributed by atoms with E-state index in [1.165, 1.54) is 34.6 Å². The molecule has 0 unspecified atom stereocenters. The number of hydrogen-bond donors (Lipinski definition) is 0. The summed E-state index contributed by atoms with van der Waals surface area (Å²) in [5.74, 6) is -2.50. The van der Waals surface area contributed by atoms with Crippen molar-refractivity contribution in [2.75, 3.05) is 26.3 Å². The van der Waals surface area contributed by atoms with Crippen molar-refractivity contribution in [2.45, 2.75) is 18.2 Å². The summed E-state index contributed by atoms with van der Waals surface area (Å²) in [5.41, 5.74) is 0.735. The first-order valence-electron chi connectivity index (χ1n) is 9.75. The second-order valence-corrected chi connectivity index (χ2v) is 8.93. The third-order valence-corrected chi connectivity index (χ3v) is 7.18. The maximum atomic E-state index is 13.1. The predicted octanol–water partition coefficient (Wildman–Crippen LogP) is 1.64. The van der Waals surface area contributed by atoms with Crippen LogP contribution in [-0.4, -0.2) is 61.9 Å². The van der Waals surface area contributed by atoms with E-state index in [-0.39, 0.29) is 34.7 Å². The van der Waals surface area contributed by atoms with Gasteiger partial charge in [-0.2, -0.15) is 4.31 Å². The molecule has 2 amide bonds. The van der Waals surface area contributed by atoms with Gasteiger partial charge in [-0.05, 0) is 36.2 Å². The van der Waals surface area contributed by atoms with Crippen LogP contribution in [0.25, 0.3) is 0 Å². The fraction of sp³-hybridized carbons (Fsp3) is 0.286. The number of morpholine rings is 1. The molecule has 1 saturated heterocycles. The summed E-state index contributed by atoms with van der Waals surface area (Å²) in [5, 5.41) is 0.400. The number of amides is 2. The van der Waals surface area contributed by atoms with Crippen molar-refractivity contribution < 1.29 is 32.4 Å². The van der Waals surface area contributed by atoms with Crippen LogP contribution >= 0.6 is 0 Å². The smallest absolute Gasteiger partial charge is 0.363 e. The van der Waals surface area contributed by atoms with Crippen molar-refractivity contribution >= 4 is 27.8 Å². The number of sulfonamides is 1. The summed E-state index contributed by atoms with van der Waals surface area (Å²) in [6, 6.07) is 10.3. The van der Waals surface area contributed by atoms with Crippen LogP contribution in [0, 0.1) is 0 Å². The van der Waals surface area contributed by atoms with Crippen LogP contribution in [0.3, 0.4) is 0 Å². The minimum Gasteiger partial charge on any atom is -0.379 e. The molecule has 0 bridgehead atoms. The van der Waals surface area contributed by atoms with Gasteiger partial charge in [-0.15, -0.1) is 0 Å². The number of hydrogen-bond acceptors (Lipinski definition) is 7. The second-order valence-electron chi connectivity index (χ2n) is 7.02. The van der Waals surface area contributed by atoms with Crippen LogP contribution < -0.4 is 0 Å². The summed E-state index contributed by atoms with van der Waals surface area (Å²) in [6.45, 7) is 2.83. The van der Waals surface area contributed by atoms with E-state index in [0.717, 1.165) is 0 Å². The van der Waals surface area contributed by atoms with Gasteiger partial charge in [0, 0.05) is 13.1 Å². The van der Waals surface area contributed by atoms with Crippen LogP contribution in [0.1, 0.15) is 43.6 Å². The van der Waals surface area contributed by atoms with Crippen LogP contribution in [0.4, 0.5) is 0 Å². The van der Waals surface area contributed by atoms with Gasteiger partial charge in [-0.3, -0.25) is 9.59 Å². The number of fused-ring (bicyclic) bond motifs is 1. The number of carbonyl (C=O) groups excluding carboxylic acids is 3. The quantitative estimate of drug-likeness (QED) is 0.645. The molecule has 4 rings (SSSR count). The number of hydroxylamine groups is 2. The van der Waals surface area contributed by atoms with Gasteiger partial charge in [-0.1, -0.05) is 30.2 Å². The molecule has 31 heavy (non-hydrogen) atoms. The Balaban J connectivity index is 1.62. The first-order valence-corrected chi connectivity index (χ1v) is 11.2. The fourth-order valence-electron chi connectivity index (χ4n) is 3.53. The third kappa shape index (κ3) is 3.73. The summed E-state index contributed by atoms with van der Waals surface area (Å²) in [7, 11) is -3.86. The molecule has 162 valence electrons. The average molecular weight is 444 g/mol. The monoisotopic (exact) mass is 444 g/mol. The standard InChI is InChI=1S/C21H20N2O7S/c1-2-14-7-8-15(13-18(14)31(27,28)22-9-11-29-12-10-22)21(26)30-23-19(24)16-5-3-4-6-17(16)20(23)25/h3-8,13H,2,9-12H2,1H3. The van der Waals surface area contributed by atoms with Crippen LogP contribution in [0.15, 0.2) is 47.4 Å². The minimum atomic E-state index is -3.86. The van der Waals surface area contributed by atoms with Crippen molar-refractivity contribution in [1.82, 2.24) is 9.37 Å². The van der Waals surface area contributed by atoms with E-state index < -0.39 is 27.8 Å². The van der Waals surface area contributed by atoms with Crippen molar-refractivity contribution in [3.05, 3.63) is 64.7 Å². The zero-order valence-corrected chi connectivity index (χ0v) is 17.6. The number of benzene rings is 2. The lowest BCUT2D eigenvalue weighted by Gasteiger charge is -2.27. The van der Waals surface area contributed by atoms with Gasteiger partial charge in [0.1, 0.15) is 0 Å². The van der Waals surface area contributed by atoms with Gasteiger partial charge < -0.3 is 9.57 Å². The lowest BCUT2D eigenvalue weighted by Crippen LogP contribution is -2.41. The van der Waals surface area contributed by atoms with Crippen LogP contribution in [0.5, 0.6) is 0 Å². The van der Waals surface area contributed by atoms with E-state index >= 15 is 0 Å². The van der Waals surface area contributed by atoms with E-state index in [2.05, 4.69) is 0 Å². The second kappa shape index (κ2) is 8.22. The predicted molar refractivity (Wildman–Crippen MR) is 108 cm³/mol. The Kier molecular flexibility index (Phi) is 5.61. The zero-order valence-electron chi connectivity index (χ0n) is 16.7. The number of imide groups is 1. The van der Waals surface area contributed by atoms with Gasteiger partial charge in [0.05, 0.1) is 34.8 Å². The highest BCUT2D eigenvalue weighted by Crippen LogP contribution is 2.26. The van der Waals surface area contributed by atoms with Crippen LogP contribution in [0.2, 0.25) is 0 Å². The Morgan fingerprint density at radius 2 is 1.65 bits per heavy atom. The molecule has 2 aliphatic rings. The molecule has 0 saturated carbocycles. The van der Waals surface area contributed by atoms with Crippen molar-refractivity contribution in [2.24, 2.45) is 0 Å². The number of carbonyl (C=O) groups is 3. The van der Waals surface area contributed by atoms with Gasteiger partial charge in [0.15, 0.2) is 0 Å². The average Bonchev–Trinajstić information content (AvgIpc) is 3.04. The van der Waals surface area contributed by atoms with E-state index in [9.17, 15) is 22.8 Å². The van der Waals surface area contributed by atoms with Gasteiger partial charge in [-0.25, -0.2) is 13.2 Å². The summed E-state index contributed by atoms with van der Waals surface area (Å²) >= 11 is 0. The van der Waals surface area contributed by atoms with E-state index in [4.69, 9.17) is 9.57 Å². The Morgan fingerprint density at radius 3 is 2.23 bits per heavy atom. The molecule has 2 aromatic carbocycles. The van der Waals surface area contributed by atoms with Crippen LogP contribution in [-0.2, 0) is 26.0 Å². The topological polar surface area (TPSA) is 110 Å². The summed E-state index contributed by atoms with van der Waals surface area (Å²) in [6.07, 6.45) is 0.437.